The molecule has 1 aliphatic carbocycles. The van der Waals surface area contributed by atoms with Crippen molar-refractivity contribution in [1.29, 1.82) is 0 Å². The lowest BCUT2D eigenvalue weighted by Gasteiger charge is -2.14. The molecule has 1 aliphatic rings. The maximum absolute atomic E-state index is 3.71. The summed E-state index contributed by atoms with van der Waals surface area (Å²) < 4.78 is 0. The van der Waals surface area contributed by atoms with Crippen molar-refractivity contribution >= 4 is 0 Å². The zero-order valence-corrected chi connectivity index (χ0v) is 7.79. The van der Waals surface area contributed by atoms with Gasteiger partial charge in [-0.1, -0.05) is 30.4 Å². The van der Waals surface area contributed by atoms with Crippen molar-refractivity contribution in [3.63, 3.8) is 0 Å². The smallest absolute Gasteiger partial charge is 0.0209 e. The lowest BCUT2D eigenvalue weighted by Crippen LogP contribution is -2.12. The Morgan fingerprint density at radius 1 is 1.58 bits per heavy atom. The minimum absolute atomic E-state index is 1.07. The second-order valence-corrected chi connectivity index (χ2v) is 3.17. The van der Waals surface area contributed by atoms with Gasteiger partial charge in [-0.15, -0.1) is 0 Å². The third kappa shape index (κ3) is 2.95. The van der Waals surface area contributed by atoms with Crippen LogP contribution in [0.3, 0.4) is 0 Å². The Balaban J connectivity index is 2.26. The molecule has 0 saturated heterocycles. The number of hydrogen-bond acceptors (Lipinski definition) is 1. The Kier molecular flexibility index (Phi) is 3.65. The van der Waals surface area contributed by atoms with Crippen LogP contribution in [0.4, 0.5) is 0 Å². The van der Waals surface area contributed by atoms with E-state index in [4.69, 9.17) is 0 Å². The summed E-state index contributed by atoms with van der Waals surface area (Å²) in [6.45, 7) is 4.78. The van der Waals surface area contributed by atoms with Gasteiger partial charge in [-0.05, 0) is 25.5 Å². The predicted octanol–water partition coefficient (Wildman–Crippen LogP) is 2.73. The van der Waals surface area contributed by atoms with Crippen molar-refractivity contribution in [3.05, 3.63) is 36.6 Å². The standard InChI is InChI=1S/C11H17N/c1-3-12(2)10-9-11-7-5-4-6-8-11/h3,5,7-8H,1,4,6,9-10H2,2H3. The van der Waals surface area contributed by atoms with Crippen LogP contribution < -0.4 is 0 Å². The van der Waals surface area contributed by atoms with Gasteiger partial charge in [-0.2, -0.15) is 0 Å². The van der Waals surface area contributed by atoms with E-state index in [1.54, 1.807) is 0 Å². The zero-order valence-electron chi connectivity index (χ0n) is 7.79. The summed E-state index contributed by atoms with van der Waals surface area (Å²) in [5.74, 6) is 0. The molecule has 0 fully saturated rings. The molecule has 0 heterocycles. The first-order chi connectivity index (χ1) is 5.83. The normalized spacial score (nSPS) is 15.6. The lowest BCUT2D eigenvalue weighted by atomic mass is 10.0. The van der Waals surface area contributed by atoms with Crippen LogP contribution in [0.1, 0.15) is 19.3 Å². The van der Waals surface area contributed by atoms with Gasteiger partial charge in [0.1, 0.15) is 0 Å². The van der Waals surface area contributed by atoms with Crippen LogP contribution in [0, 0.1) is 0 Å². The van der Waals surface area contributed by atoms with E-state index in [1.807, 2.05) is 6.20 Å². The largest absolute Gasteiger partial charge is 0.381 e. The monoisotopic (exact) mass is 163 g/mol. The van der Waals surface area contributed by atoms with Gasteiger partial charge in [0.2, 0.25) is 0 Å². The Bertz CT molecular complexity index is 201. The van der Waals surface area contributed by atoms with E-state index in [0.29, 0.717) is 0 Å². The third-order valence-electron chi connectivity index (χ3n) is 2.14. The summed E-state index contributed by atoms with van der Waals surface area (Å²) >= 11 is 0. The van der Waals surface area contributed by atoms with Gasteiger partial charge in [0.05, 0.1) is 0 Å². The minimum atomic E-state index is 1.07. The Labute approximate surface area is 75.1 Å². The van der Waals surface area contributed by atoms with E-state index in [1.165, 1.54) is 18.4 Å². The summed E-state index contributed by atoms with van der Waals surface area (Å²) in [5.41, 5.74) is 1.47. The fraction of sp³-hybridized carbons (Fsp3) is 0.455. The van der Waals surface area contributed by atoms with Crippen LogP contribution in [0.25, 0.3) is 0 Å². The van der Waals surface area contributed by atoms with Crippen LogP contribution in [0.5, 0.6) is 0 Å². The maximum atomic E-state index is 3.71. The average Bonchev–Trinajstić information content (AvgIpc) is 2.16. The van der Waals surface area contributed by atoms with Gasteiger partial charge < -0.3 is 4.90 Å². The maximum Gasteiger partial charge on any atom is 0.0209 e. The second kappa shape index (κ2) is 4.81. The van der Waals surface area contributed by atoms with Crippen LogP contribution in [-0.2, 0) is 0 Å². The Morgan fingerprint density at radius 2 is 2.42 bits per heavy atom. The molecule has 0 spiro atoms. The highest BCUT2D eigenvalue weighted by Crippen LogP contribution is 2.12. The highest BCUT2D eigenvalue weighted by Gasteiger charge is 1.97. The molecule has 0 N–H and O–H groups in total. The molecule has 0 unspecified atom stereocenters. The number of nitrogens with zero attached hydrogens (tertiary/aromatic N) is 1. The van der Waals surface area contributed by atoms with Crippen molar-refractivity contribution in [3.8, 4) is 0 Å². The van der Waals surface area contributed by atoms with E-state index in [0.717, 1.165) is 13.0 Å². The zero-order chi connectivity index (χ0) is 8.81. The highest BCUT2D eigenvalue weighted by molar-refractivity contribution is 5.22. The fourth-order valence-corrected chi connectivity index (χ4v) is 1.25. The molecule has 1 nitrogen and oxygen atoms in total. The summed E-state index contributed by atoms with van der Waals surface area (Å²) in [5, 5.41) is 0. The number of hydrogen-bond donors (Lipinski definition) is 0. The van der Waals surface area contributed by atoms with Gasteiger partial charge in [-0.3, -0.25) is 0 Å². The summed E-state index contributed by atoms with van der Waals surface area (Å²) in [6.07, 6.45) is 12.2. The molecular formula is C11H17N. The van der Waals surface area contributed by atoms with E-state index >= 15 is 0 Å². The Morgan fingerprint density at radius 3 is 3.00 bits per heavy atom. The molecule has 0 bridgehead atoms. The molecule has 1 rings (SSSR count). The van der Waals surface area contributed by atoms with E-state index < -0.39 is 0 Å². The van der Waals surface area contributed by atoms with Crippen molar-refractivity contribution in [1.82, 2.24) is 4.90 Å². The highest BCUT2D eigenvalue weighted by atomic mass is 15.1. The number of allylic oxidation sites excluding steroid dienone is 3. The van der Waals surface area contributed by atoms with Gasteiger partial charge in [0, 0.05) is 13.6 Å². The van der Waals surface area contributed by atoms with Gasteiger partial charge in [-0.25, -0.2) is 0 Å². The summed E-state index contributed by atoms with van der Waals surface area (Å²) in [4.78, 5) is 2.11. The third-order valence-corrected chi connectivity index (χ3v) is 2.14. The predicted molar refractivity (Wildman–Crippen MR) is 53.9 cm³/mol. The van der Waals surface area contributed by atoms with Crippen LogP contribution in [0.2, 0.25) is 0 Å². The Hall–Kier alpha value is -0.980. The van der Waals surface area contributed by atoms with Crippen LogP contribution in [0.15, 0.2) is 36.6 Å². The SMILES string of the molecule is C=CN(C)CCC1=CCCC=C1. The molecule has 0 aromatic rings. The summed E-state index contributed by atoms with van der Waals surface area (Å²) in [7, 11) is 2.06. The molecule has 1 heteroatoms. The molecule has 0 atom stereocenters. The van der Waals surface area contributed by atoms with Crippen molar-refractivity contribution in [2.75, 3.05) is 13.6 Å². The number of rotatable bonds is 4. The first-order valence-electron chi connectivity index (χ1n) is 4.51. The average molecular weight is 163 g/mol. The molecule has 12 heavy (non-hydrogen) atoms. The fourth-order valence-electron chi connectivity index (χ4n) is 1.25. The molecule has 66 valence electrons. The minimum Gasteiger partial charge on any atom is -0.381 e. The van der Waals surface area contributed by atoms with Gasteiger partial charge in [0.25, 0.3) is 0 Å². The molecule has 0 aliphatic heterocycles. The first kappa shape index (κ1) is 9.11. The molecule has 0 aromatic heterocycles. The van der Waals surface area contributed by atoms with Gasteiger partial charge in [0.15, 0.2) is 0 Å². The van der Waals surface area contributed by atoms with Crippen LogP contribution in [-0.4, -0.2) is 18.5 Å². The molecule has 0 amide bonds. The molecule has 0 aromatic carbocycles. The quantitative estimate of drug-likeness (QED) is 0.616. The van der Waals surface area contributed by atoms with Crippen LogP contribution >= 0.6 is 0 Å². The van der Waals surface area contributed by atoms with Crippen molar-refractivity contribution < 1.29 is 0 Å². The van der Waals surface area contributed by atoms with Crippen molar-refractivity contribution in [2.24, 2.45) is 0 Å². The topological polar surface area (TPSA) is 3.24 Å². The van der Waals surface area contributed by atoms with Crippen molar-refractivity contribution in [2.45, 2.75) is 19.3 Å². The first-order valence-corrected chi connectivity index (χ1v) is 4.51. The van der Waals surface area contributed by atoms with E-state index in [2.05, 4.69) is 36.8 Å². The lowest BCUT2D eigenvalue weighted by molar-refractivity contribution is 0.462. The summed E-state index contributed by atoms with van der Waals surface area (Å²) in [6, 6.07) is 0. The van der Waals surface area contributed by atoms with E-state index in [9.17, 15) is 0 Å². The molecule has 0 saturated carbocycles. The second-order valence-electron chi connectivity index (χ2n) is 3.17. The molecular weight excluding hydrogens is 146 g/mol. The molecule has 0 radical (unpaired) electrons. The van der Waals surface area contributed by atoms with Gasteiger partial charge >= 0.3 is 0 Å². The van der Waals surface area contributed by atoms with E-state index in [-0.39, 0.29) is 0 Å².